The van der Waals surface area contributed by atoms with Crippen LogP contribution in [0.4, 0.5) is 31.9 Å². The van der Waals surface area contributed by atoms with Gasteiger partial charge >= 0.3 is 6.61 Å². The highest BCUT2D eigenvalue weighted by Gasteiger charge is 2.37. The molecule has 1 saturated carbocycles. The van der Waals surface area contributed by atoms with Crippen molar-refractivity contribution in [1.29, 1.82) is 0 Å². The summed E-state index contributed by atoms with van der Waals surface area (Å²) in [6, 6.07) is 12.7. The van der Waals surface area contributed by atoms with Crippen molar-refractivity contribution < 1.29 is 18.1 Å². The van der Waals surface area contributed by atoms with Crippen molar-refractivity contribution in [3.8, 4) is 5.75 Å². The third kappa shape index (κ3) is 7.19. The van der Waals surface area contributed by atoms with Gasteiger partial charge in [-0.1, -0.05) is 29.8 Å². The number of nitrogens with zero attached hydrogens (tertiary/aromatic N) is 3. The Kier molecular flexibility index (Phi) is 8.88. The quantitative estimate of drug-likeness (QED) is 0.254. The second-order valence-corrected chi connectivity index (χ2v) is 15.3. The highest BCUT2D eigenvalue weighted by atomic mass is 35.5. The molecule has 2 aromatic carbocycles. The average Bonchev–Trinajstić information content (AvgIpc) is 2.93. The van der Waals surface area contributed by atoms with Gasteiger partial charge in [0.2, 0.25) is 5.95 Å². The molecule has 1 aliphatic heterocycles. The Hall–Kier alpha value is -2.74. The summed E-state index contributed by atoms with van der Waals surface area (Å²) in [7, 11) is -0.397. The molecule has 7 nitrogen and oxygen atoms in total. The molecule has 2 heterocycles. The molecule has 1 spiro atoms. The largest absolute Gasteiger partial charge is 0.433 e. The minimum atomic E-state index is -2.97. The summed E-state index contributed by atoms with van der Waals surface area (Å²) < 4.78 is 44.6. The van der Waals surface area contributed by atoms with Crippen LogP contribution in [0.5, 0.6) is 5.75 Å². The second-order valence-electron chi connectivity index (χ2n) is 11.7. The van der Waals surface area contributed by atoms with Gasteiger partial charge in [0.1, 0.15) is 17.9 Å². The Morgan fingerprint density at radius 2 is 1.76 bits per heavy atom. The summed E-state index contributed by atoms with van der Waals surface area (Å²) in [6.07, 6.45) is 8.31. The van der Waals surface area contributed by atoms with Crippen LogP contribution in [0.15, 0.2) is 48.7 Å². The van der Waals surface area contributed by atoms with Crippen LogP contribution in [0.3, 0.4) is 0 Å². The van der Waals surface area contributed by atoms with Gasteiger partial charge in [0.25, 0.3) is 0 Å². The first-order valence-corrected chi connectivity index (χ1v) is 17.0. The van der Waals surface area contributed by atoms with Gasteiger partial charge in [-0.25, -0.2) is 4.98 Å². The van der Waals surface area contributed by atoms with Crippen molar-refractivity contribution in [2.45, 2.75) is 51.1 Å². The average molecular weight is 604 g/mol. The Morgan fingerprint density at radius 3 is 2.44 bits per heavy atom. The molecule has 0 bridgehead atoms. The summed E-state index contributed by atoms with van der Waals surface area (Å²) >= 11 is 6.37. The highest BCUT2D eigenvalue weighted by Crippen LogP contribution is 2.49. The number of nitrogens with one attached hydrogen (secondary N) is 2. The second kappa shape index (κ2) is 12.2. The number of aromatic nitrogens is 2. The topological polar surface area (TPSA) is 79.4 Å². The zero-order valence-electron chi connectivity index (χ0n) is 23.7. The van der Waals surface area contributed by atoms with Crippen LogP contribution in [-0.4, -0.2) is 54.9 Å². The van der Waals surface area contributed by atoms with Gasteiger partial charge in [-0.3, -0.25) is 0 Å². The van der Waals surface area contributed by atoms with Crippen LogP contribution in [0, 0.1) is 5.41 Å². The summed E-state index contributed by atoms with van der Waals surface area (Å²) in [4.78, 5) is 11.1. The molecule has 0 radical (unpaired) electrons. The SMILES string of the molecule is CN1CCC2(CCC(c3ccc(Nc4ncc(Cl)c(Nc5ccccc5P(C)(C)=O)n4)c(OC(F)F)c3)CC2)CC1. The lowest BCUT2D eigenvalue weighted by molar-refractivity contribution is -0.0494. The van der Waals surface area contributed by atoms with Crippen molar-refractivity contribution in [2.75, 3.05) is 44.1 Å². The van der Waals surface area contributed by atoms with E-state index in [0.29, 0.717) is 33.8 Å². The zero-order chi connectivity index (χ0) is 29.2. The molecular weight excluding hydrogens is 567 g/mol. The van der Waals surface area contributed by atoms with Crippen LogP contribution in [0.1, 0.15) is 50.0 Å². The number of hydrogen-bond acceptors (Lipinski definition) is 7. The van der Waals surface area contributed by atoms with E-state index >= 15 is 0 Å². The fourth-order valence-electron chi connectivity index (χ4n) is 6.06. The molecule has 11 heteroatoms. The van der Waals surface area contributed by atoms with Gasteiger partial charge in [-0.2, -0.15) is 13.8 Å². The van der Waals surface area contributed by atoms with Crippen LogP contribution < -0.4 is 20.7 Å². The van der Waals surface area contributed by atoms with Gasteiger partial charge in [0.05, 0.1) is 17.6 Å². The summed E-state index contributed by atoms with van der Waals surface area (Å²) in [5, 5.41) is 7.09. The standard InChI is InChI=1S/C30H37ClF2N5O2P/c1-38-16-14-30(15-17-38)12-10-20(11-13-30)21-8-9-23(25(18-21)40-28(32)33)36-29-34-19-22(31)27(37-29)35-24-6-4-5-7-26(24)41(2,3)39/h4-9,18-20,28H,10-17H2,1-3H3,(H2,34,35,36,37). The number of hydrogen-bond donors (Lipinski definition) is 2. The number of piperidine rings is 1. The fourth-order valence-corrected chi connectivity index (χ4v) is 7.35. The molecule has 0 atom stereocenters. The maximum atomic E-state index is 13.4. The Bertz CT molecular complexity index is 1420. The summed E-state index contributed by atoms with van der Waals surface area (Å²) in [6.45, 7) is 2.70. The Balaban J connectivity index is 1.34. The van der Waals surface area contributed by atoms with Crippen molar-refractivity contribution in [3.63, 3.8) is 0 Å². The highest BCUT2D eigenvalue weighted by molar-refractivity contribution is 7.70. The van der Waals surface area contributed by atoms with E-state index in [-0.39, 0.29) is 16.7 Å². The van der Waals surface area contributed by atoms with Gasteiger partial charge in [0, 0.05) is 5.30 Å². The lowest BCUT2D eigenvalue weighted by Gasteiger charge is -2.45. The Morgan fingerprint density at radius 1 is 1.05 bits per heavy atom. The van der Waals surface area contributed by atoms with Crippen molar-refractivity contribution in [1.82, 2.24) is 14.9 Å². The van der Waals surface area contributed by atoms with Crippen LogP contribution >= 0.6 is 18.7 Å². The van der Waals surface area contributed by atoms with Crippen molar-refractivity contribution in [2.24, 2.45) is 5.41 Å². The van der Waals surface area contributed by atoms with Gasteiger partial charge in [0.15, 0.2) is 5.82 Å². The predicted octanol–water partition coefficient (Wildman–Crippen LogP) is 7.84. The third-order valence-electron chi connectivity index (χ3n) is 8.51. The van der Waals surface area contributed by atoms with E-state index in [0.717, 1.165) is 31.5 Å². The fraction of sp³-hybridized carbons (Fsp3) is 0.467. The van der Waals surface area contributed by atoms with Gasteiger partial charge < -0.3 is 24.8 Å². The van der Waals surface area contributed by atoms with Gasteiger partial charge in [-0.15, -0.1) is 0 Å². The molecule has 1 saturated heterocycles. The van der Waals surface area contributed by atoms with E-state index in [4.69, 9.17) is 16.3 Å². The van der Waals surface area contributed by atoms with Crippen LogP contribution in [-0.2, 0) is 4.57 Å². The molecule has 2 aliphatic rings. The van der Waals surface area contributed by atoms with Crippen LogP contribution in [0.25, 0.3) is 0 Å². The van der Waals surface area contributed by atoms with E-state index in [2.05, 4.69) is 32.5 Å². The Labute approximate surface area is 245 Å². The summed E-state index contributed by atoms with van der Waals surface area (Å²) in [5.74, 6) is 0.806. The third-order valence-corrected chi connectivity index (χ3v) is 10.3. The monoisotopic (exact) mass is 603 g/mol. The molecule has 1 aliphatic carbocycles. The number of para-hydroxylation sites is 1. The number of anilines is 4. The van der Waals surface area contributed by atoms with Crippen LogP contribution in [0.2, 0.25) is 5.02 Å². The van der Waals surface area contributed by atoms with E-state index in [1.54, 1.807) is 37.6 Å². The molecule has 0 amide bonds. The molecule has 1 aromatic heterocycles. The first-order chi connectivity index (χ1) is 19.5. The first kappa shape index (κ1) is 29.7. The number of benzene rings is 2. The molecule has 41 heavy (non-hydrogen) atoms. The van der Waals surface area contributed by atoms with Crippen molar-refractivity contribution >= 4 is 47.2 Å². The maximum absolute atomic E-state index is 13.4. The number of likely N-dealkylation sites (tertiary alicyclic amines) is 1. The van der Waals surface area contributed by atoms with Gasteiger partial charge in [-0.05, 0) is 113 Å². The predicted molar refractivity (Wildman–Crippen MR) is 163 cm³/mol. The molecular formula is C30H37ClF2N5O2P. The normalized spacial score (nSPS) is 18.0. The smallest absolute Gasteiger partial charge is 0.387 e. The molecule has 2 fully saturated rings. The molecule has 3 aromatic rings. The van der Waals surface area contributed by atoms with E-state index in [1.165, 1.54) is 31.9 Å². The molecule has 220 valence electrons. The van der Waals surface area contributed by atoms with E-state index < -0.39 is 13.8 Å². The molecule has 5 rings (SSSR count). The summed E-state index contributed by atoms with van der Waals surface area (Å²) in [5.41, 5.74) is 2.38. The molecule has 0 unspecified atom stereocenters. The number of ether oxygens (including phenoxy) is 1. The van der Waals surface area contributed by atoms with Crippen molar-refractivity contribution in [3.05, 3.63) is 59.2 Å². The molecule has 2 N–H and O–H groups in total. The zero-order valence-corrected chi connectivity index (χ0v) is 25.3. The lowest BCUT2D eigenvalue weighted by Crippen LogP contribution is -2.39. The first-order valence-electron chi connectivity index (χ1n) is 14.0. The van der Waals surface area contributed by atoms with E-state index in [1.807, 2.05) is 18.2 Å². The number of halogens is 3. The maximum Gasteiger partial charge on any atom is 0.387 e. The minimum absolute atomic E-state index is 0.0494. The number of rotatable bonds is 8. The van der Waals surface area contributed by atoms with E-state index in [9.17, 15) is 13.3 Å². The lowest BCUT2D eigenvalue weighted by atomic mass is 9.64. The minimum Gasteiger partial charge on any atom is -0.433 e. The number of alkyl halides is 2.